The number of phenols is 1. The molecule has 0 saturated heterocycles. The van der Waals surface area contributed by atoms with Crippen molar-refractivity contribution in [2.45, 2.75) is 0 Å². The van der Waals surface area contributed by atoms with Crippen molar-refractivity contribution in [1.29, 1.82) is 0 Å². The number of aromatic hydroxyl groups is 1. The van der Waals surface area contributed by atoms with Gasteiger partial charge in [-0.2, -0.15) is 0 Å². The van der Waals surface area contributed by atoms with Crippen molar-refractivity contribution in [2.75, 3.05) is 0 Å². The molecule has 0 unspecified atom stereocenters. The third-order valence-corrected chi connectivity index (χ3v) is 10.4. The van der Waals surface area contributed by atoms with Gasteiger partial charge in [0, 0.05) is 62.9 Å². The molecule has 0 radical (unpaired) electrons. The Kier molecular flexibility index (Phi) is 8.23. The van der Waals surface area contributed by atoms with Gasteiger partial charge in [-0.1, -0.05) is 103 Å². The molecule has 6 aromatic carbocycles. The van der Waals surface area contributed by atoms with Gasteiger partial charge < -0.3 is 9.67 Å². The Hall–Kier alpha value is -7.63. The molecule has 5 heteroatoms. The van der Waals surface area contributed by atoms with Gasteiger partial charge in [-0.25, -0.2) is 4.98 Å². The molecule has 56 heavy (non-hydrogen) atoms. The number of benzene rings is 6. The summed E-state index contributed by atoms with van der Waals surface area (Å²) >= 11 is 0. The second-order valence-corrected chi connectivity index (χ2v) is 13.9. The first-order valence-corrected chi connectivity index (χ1v) is 18.6. The molecule has 0 aliphatic rings. The zero-order valence-electron chi connectivity index (χ0n) is 30.3. The van der Waals surface area contributed by atoms with Crippen molar-refractivity contribution in [1.82, 2.24) is 19.5 Å². The van der Waals surface area contributed by atoms with Crippen LogP contribution in [0.25, 0.3) is 94.6 Å². The fourth-order valence-corrected chi connectivity index (χ4v) is 7.78. The Labute approximate surface area is 324 Å². The molecule has 264 valence electrons. The summed E-state index contributed by atoms with van der Waals surface area (Å²) in [4.78, 5) is 14.6. The molecule has 10 rings (SSSR count). The van der Waals surface area contributed by atoms with E-state index in [4.69, 9.17) is 9.97 Å². The molecule has 0 bridgehead atoms. The highest BCUT2D eigenvalue weighted by atomic mass is 16.3. The van der Waals surface area contributed by atoms with Crippen molar-refractivity contribution in [3.8, 4) is 78.6 Å². The maximum Gasteiger partial charge on any atom is 0.124 e. The highest BCUT2D eigenvalue weighted by Gasteiger charge is 2.18. The number of aromatic nitrogens is 4. The van der Waals surface area contributed by atoms with E-state index in [2.05, 4.69) is 137 Å². The predicted octanol–water partition coefficient (Wildman–Crippen LogP) is 12.7. The van der Waals surface area contributed by atoms with E-state index in [0.717, 1.165) is 72.6 Å². The van der Waals surface area contributed by atoms with Gasteiger partial charge in [-0.15, -0.1) is 0 Å². The summed E-state index contributed by atoms with van der Waals surface area (Å²) in [6.45, 7) is 0. The lowest BCUT2D eigenvalue weighted by Gasteiger charge is -2.15. The number of fused-ring (bicyclic) bond motifs is 3. The number of pyridine rings is 3. The maximum atomic E-state index is 10.9. The van der Waals surface area contributed by atoms with E-state index in [1.165, 1.54) is 10.8 Å². The molecule has 0 amide bonds. The van der Waals surface area contributed by atoms with Gasteiger partial charge in [-0.3, -0.25) is 9.97 Å². The first kappa shape index (κ1) is 33.0. The van der Waals surface area contributed by atoms with Crippen LogP contribution in [-0.4, -0.2) is 24.6 Å². The highest BCUT2D eigenvalue weighted by Crippen LogP contribution is 2.40. The van der Waals surface area contributed by atoms with Gasteiger partial charge in [0.1, 0.15) is 5.75 Å². The van der Waals surface area contributed by atoms with E-state index in [1.807, 2.05) is 60.9 Å². The smallest absolute Gasteiger partial charge is 0.124 e. The number of hydrogen-bond donors (Lipinski definition) is 1. The fraction of sp³-hybridized carbons (Fsp3) is 0. The standard InChI is InChI=1S/C51H34N4O/c56-50-23-10-8-19-45(50)48-32-38(34-13-3-1-4-14-34)31-47(54-48)40-28-37(36-15-12-25-52-33-36)27-39(29-40)46-30-35(24-26-53-46)42-20-11-21-44-43-18-7-9-22-49(43)55(51(42)44)41-16-5-2-6-17-41/h1-33,56H. The average molecular weight is 719 g/mol. The molecule has 0 fully saturated rings. The van der Waals surface area contributed by atoms with Gasteiger partial charge in [0.15, 0.2) is 0 Å². The maximum absolute atomic E-state index is 10.9. The summed E-state index contributed by atoms with van der Waals surface area (Å²) < 4.78 is 2.37. The molecular formula is C51H34N4O. The van der Waals surface area contributed by atoms with E-state index in [9.17, 15) is 5.11 Å². The Morgan fingerprint density at radius 1 is 0.411 bits per heavy atom. The van der Waals surface area contributed by atoms with Gasteiger partial charge in [0.25, 0.3) is 0 Å². The normalized spacial score (nSPS) is 11.3. The number of phenolic OH excluding ortho intramolecular Hbond substituents is 1. The summed E-state index contributed by atoms with van der Waals surface area (Å²) in [6, 6.07) is 62.4. The Morgan fingerprint density at radius 3 is 1.88 bits per heavy atom. The first-order valence-electron chi connectivity index (χ1n) is 18.6. The van der Waals surface area contributed by atoms with Crippen molar-refractivity contribution in [3.05, 3.63) is 201 Å². The monoisotopic (exact) mass is 718 g/mol. The minimum atomic E-state index is 0.184. The highest BCUT2D eigenvalue weighted by molar-refractivity contribution is 6.13. The van der Waals surface area contributed by atoms with Gasteiger partial charge in [0.2, 0.25) is 0 Å². The second-order valence-electron chi connectivity index (χ2n) is 13.9. The zero-order chi connectivity index (χ0) is 37.4. The minimum absolute atomic E-state index is 0.184. The van der Waals surface area contributed by atoms with Crippen molar-refractivity contribution in [3.63, 3.8) is 0 Å². The van der Waals surface area contributed by atoms with Crippen LogP contribution in [-0.2, 0) is 0 Å². The molecule has 10 aromatic rings. The fourth-order valence-electron chi connectivity index (χ4n) is 7.78. The van der Waals surface area contributed by atoms with E-state index >= 15 is 0 Å². The van der Waals surface area contributed by atoms with Crippen LogP contribution in [0.4, 0.5) is 0 Å². The topological polar surface area (TPSA) is 63.8 Å². The third kappa shape index (κ3) is 5.98. The Bertz CT molecular complexity index is 3030. The summed E-state index contributed by atoms with van der Waals surface area (Å²) in [5, 5.41) is 13.3. The quantitative estimate of drug-likeness (QED) is 0.178. The van der Waals surface area contributed by atoms with Crippen LogP contribution in [0.5, 0.6) is 5.75 Å². The van der Waals surface area contributed by atoms with Crippen LogP contribution < -0.4 is 0 Å². The van der Waals surface area contributed by atoms with Crippen LogP contribution in [0.2, 0.25) is 0 Å². The lowest BCUT2D eigenvalue weighted by Crippen LogP contribution is -1.96. The van der Waals surface area contributed by atoms with Crippen LogP contribution >= 0.6 is 0 Å². The number of rotatable bonds is 7. The average Bonchev–Trinajstić information content (AvgIpc) is 3.62. The SMILES string of the molecule is Oc1ccccc1-c1cc(-c2ccccc2)cc(-c2cc(-c3cccnc3)cc(-c3cc(-c4cccc5c6ccccc6n(-c6ccccc6)c45)ccn3)c2)n1. The van der Waals surface area contributed by atoms with Crippen LogP contribution in [0.3, 0.4) is 0 Å². The molecule has 1 N–H and O–H groups in total. The second kappa shape index (κ2) is 14.0. The van der Waals surface area contributed by atoms with Crippen molar-refractivity contribution >= 4 is 21.8 Å². The molecule has 0 aliphatic heterocycles. The number of para-hydroxylation sites is 4. The molecular weight excluding hydrogens is 685 g/mol. The molecule has 4 heterocycles. The lowest BCUT2D eigenvalue weighted by molar-refractivity contribution is 0.477. The van der Waals surface area contributed by atoms with Crippen molar-refractivity contribution in [2.24, 2.45) is 0 Å². The molecule has 0 atom stereocenters. The number of nitrogens with zero attached hydrogens (tertiary/aromatic N) is 4. The van der Waals surface area contributed by atoms with Crippen LogP contribution in [0.15, 0.2) is 201 Å². The van der Waals surface area contributed by atoms with Gasteiger partial charge in [-0.05, 0) is 101 Å². The Morgan fingerprint density at radius 2 is 1.05 bits per heavy atom. The summed E-state index contributed by atoms with van der Waals surface area (Å²) in [7, 11) is 0. The van der Waals surface area contributed by atoms with E-state index in [-0.39, 0.29) is 5.75 Å². The molecule has 5 nitrogen and oxygen atoms in total. The molecule has 0 saturated carbocycles. The molecule has 0 aliphatic carbocycles. The lowest BCUT2D eigenvalue weighted by atomic mass is 9.94. The summed E-state index contributed by atoms with van der Waals surface area (Å²) in [5.41, 5.74) is 14.5. The van der Waals surface area contributed by atoms with E-state index in [1.54, 1.807) is 12.3 Å². The summed E-state index contributed by atoms with van der Waals surface area (Å²) in [6.07, 6.45) is 5.58. The van der Waals surface area contributed by atoms with Gasteiger partial charge in [0.05, 0.1) is 28.1 Å². The zero-order valence-corrected chi connectivity index (χ0v) is 30.3. The molecule has 4 aromatic heterocycles. The van der Waals surface area contributed by atoms with Crippen LogP contribution in [0.1, 0.15) is 0 Å². The van der Waals surface area contributed by atoms with Gasteiger partial charge >= 0.3 is 0 Å². The third-order valence-electron chi connectivity index (χ3n) is 10.4. The van der Waals surface area contributed by atoms with Crippen LogP contribution in [0, 0.1) is 0 Å². The molecule has 0 spiro atoms. The van der Waals surface area contributed by atoms with E-state index < -0.39 is 0 Å². The Balaban J connectivity index is 1.18. The first-order chi connectivity index (χ1) is 27.7. The van der Waals surface area contributed by atoms with E-state index in [0.29, 0.717) is 11.3 Å². The largest absolute Gasteiger partial charge is 0.507 e. The summed E-state index contributed by atoms with van der Waals surface area (Å²) in [5.74, 6) is 0.184. The van der Waals surface area contributed by atoms with Crippen molar-refractivity contribution < 1.29 is 5.11 Å². The predicted molar refractivity (Wildman–Crippen MR) is 228 cm³/mol. The number of hydrogen-bond acceptors (Lipinski definition) is 4. The minimum Gasteiger partial charge on any atom is -0.507 e.